The van der Waals surface area contributed by atoms with E-state index in [1.54, 1.807) is 14.2 Å². The Hall–Kier alpha value is -1.56. The molecule has 0 spiro atoms. The zero-order valence-corrected chi connectivity index (χ0v) is 14.6. The van der Waals surface area contributed by atoms with E-state index in [2.05, 4.69) is 33.4 Å². The van der Waals surface area contributed by atoms with Crippen LogP contribution in [0.15, 0.2) is 35.7 Å². The predicted octanol–water partition coefficient (Wildman–Crippen LogP) is 3.08. The van der Waals surface area contributed by atoms with Gasteiger partial charge in [-0.3, -0.25) is 9.80 Å². The average molecular weight is 332 g/mol. The lowest BCUT2D eigenvalue weighted by Crippen LogP contribution is -2.45. The third-order valence-electron chi connectivity index (χ3n) is 4.30. The first-order chi connectivity index (χ1) is 11.3. The minimum Gasteiger partial charge on any atom is -0.493 e. The van der Waals surface area contributed by atoms with E-state index < -0.39 is 0 Å². The summed E-state index contributed by atoms with van der Waals surface area (Å²) in [5, 5.41) is 2.15. The van der Waals surface area contributed by atoms with E-state index in [-0.39, 0.29) is 0 Å². The Balaban J connectivity index is 1.56. The molecule has 124 valence electrons. The maximum absolute atomic E-state index is 5.54. The molecular formula is C18H24N2O2S. The predicted molar refractivity (Wildman–Crippen MR) is 94.4 cm³/mol. The molecule has 23 heavy (non-hydrogen) atoms. The van der Waals surface area contributed by atoms with Crippen LogP contribution in [0.5, 0.6) is 11.5 Å². The smallest absolute Gasteiger partial charge is 0.165 e. The molecule has 5 heteroatoms. The highest BCUT2D eigenvalue weighted by molar-refractivity contribution is 7.09. The highest BCUT2D eigenvalue weighted by Crippen LogP contribution is 2.31. The highest BCUT2D eigenvalue weighted by Gasteiger charge is 2.19. The Morgan fingerprint density at radius 1 is 0.913 bits per heavy atom. The highest BCUT2D eigenvalue weighted by atomic mass is 32.1. The maximum Gasteiger partial charge on any atom is 0.165 e. The molecule has 2 aromatic rings. The first-order valence-electron chi connectivity index (χ1n) is 7.97. The van der Waals surface area contributed by atoms with Crippen LogP contribution in [0.4, 0.5) is 0 Å². The molecule has 1 saturated heterocycles. The molecule has 0 bridgehead atoms. The van der Waals surface area contributed by atoms with Crippen molar-refractivity contribution in [2.45, 2.75) is 13.1 Å². The first-order valence-corrected chi connectivity index (χ1v) is 8.85. The lowest BCUT2D eigenvalue weighted by molar-refractivity contribution is 0.122. The summed E-state index contributed by atoms with van der Waals surface area (Å²) in [6, 6.07) is 10.5. The number of hydrogen-bond acceptors (Lipinski definition) is 5. The van der Waals surface area contributed by atoms with Crippen LogP contribution in [0.2, 0.25) is 0 Å². The van der Waals surface area contributed by atoms with E-state index in [0.29, 0.717) is 0 Å². The van der Waals surface area contributed by atoms with Crippen molar-refractivity contribution in [2.24, 2.45) is 0 Å². The van der Waals surface area contributed by atoms with Gasteiger partial charge in [-0.2, -0.15) is 0 Å². The quantitative estimate of drug-likeness (QED) is 0.812. The Bertz CT molecular complexity index is 607. The SMILES string of the molecule is COc1cccc(CN2CCN(Cc3cccs3)CC2)c1OC. The van der Waals surface area contributed by atoms with E-state index in [1.165, 1.54) is 10.4 Å². The van der Waals surface area contributed by atoms with Gasteiger partial charge in [-0.05, 0) is 17.5 Å². The number of rotatable bonds is 6. The second-order valence-electron chi connectivity index (χ2n) is 5.78. The minimum absolute atomic E-state index is 0.807. The molecule has 1 aliphatic heterocycles. The molecule has 1 aromatic heterocycles. The van der Waals surface area contributed by atoms with Crippen LogP contribution in [-0.4, -0.2) is 50.2 Å². The zero-order chi connectivity index (χ0) is 16.1. The molecule has 4 nitrogen and oxygen atoms in total. The first kappa shape index (κ1) is 16.3. The third-order valence-corrected chi connectivity index (χ3v) is 5.16. The summed E-state index contributed by atoms with van der Waals surface area (Å²) in [5.74, 6) is 1.66. The van der Waals surface area contributed by atoms with Gasteiger partial charge in [0.05, 0.1) is 14.2 Å². The van der Waals surface area contributed by atoms with Gasteiger partial charge in [-0.1, -0.05) is 18.2 Å². The summed E-state index contributed by atoms with van der Waals surface area (Å²) < 4.78 is 10.9. The van der Waals surface area contributed by atoms with Crippen LogP contribution < -0.4 is 9.47 Å². The molecule has 0 amide bonds. The lowest BCUT2D eigenvalue weighted by atomic mass is 10.1. The normalized spacial score (nSPS) is 16.4. The fourth-order valence-corrected chi connectivity index (χ4v) is 3.79. The summed E-state index contributed by atoms with van der Waals surface area (Å²) >= 11 is 1.84. The van der Waals surface area contributed by atoms with Crippen LogP contribution in [0, 0.1) is 0 Å². The number of methoxy groups -OCH3 is 2. The second kappa shape index (κ2) is 7.81. The fourth-order valence-electron chi connectivity index (χ4n) is 3.05. The molecule has 0 N–H and O–H groups in total. The summed E-state index contributed by atoms with van der Waals surface area (Å²) in [7, 11) is 3.39. The molecule has 3 rings (SSSR count). The molecule has 0 saturated carbocycles. The van der Waals surface area contributed by atoms with Crippen molar-refractivity contribution in [3.8, 4) is 11.5 Å². The van der Waals surface area contributed by atoms with E-state index in [1.807, 2.05) is 23.5 Å². The lowest BCUT2D eigenvalue weighted by Gasteiger charge is -2.34. The second-order valence-corrected chi connectivity index (χ2v) is 6.82. The minimum atomic E-state index is 0.807. The van der Waals surface area contributed by atoms with Gasteiger partial charge in [0.1, 0.15) is 0 Å². The Morgan fingerprint density at radius 2 is 1.65 bits per heavy atom. The van der Waals surface area contributed by atoms with Gasteiger partial charge in [-0.15, -0.1) is 11.3 Å². The number of para-hydroxylation sites is 1. The van der Waals surface area contributed by atoms with Crippen molar-refractivity contribution < 1.29 is 9.47 Å². The molecule has 1 aromatic carbocycles. The summed E-state index contributed by atoms with van der Waals surface area (Å²) in [6.45, 7) is 6.40. The van der Waals surface area contributed by atoms with Crippen molar-refractivity contribution in [3.05, 3.63) is 46.2 Å². The standard InChI is InChI=1S/C18H24N2O2S/c1-21-17-7-3-5-15(18(17)22-2)13-19-8-10-20(11-9-19)14-16-6-4-12-23-16/h3-7,12H,8-11,13-14H2,1-2H3. The summed E-state index contributed by atoms with van der Waals surface area (Å²) in [6.07, 6.45) is 0. The third kappa shape index (κ3) is 4.05. The Morgan fingerprint density at radius 3 is 2.26 bits per heavy atom. The van der Waals surface area contributed by atoms with Crippen molar-refractivity contribution >= 4 is 11.3 Å². The molecule has 0 radical (unpaired) electrons. The van der Waals surface area contributed by atoms with Crippen molar-refractivity contribution in [2.75, 3.05) is 40.4 Å². The van der Waals surface area contributed by atoms with E-state index in [9.17, 15) is 0 Å². The van der Waals surface area contributed by atoms with Crippen LogP contribution in [0.25, 0.3) is 0 Å². The number of hydrogen-bond donors (Lipinski definition) is 0. The van der Waals surface area contributed by atoms with Crippen molar-refractivity contribution in [3.63, 3.8) is 0 Å². The number of benzene rings is 1. The summed E-state index contributed by atoms with van der Waals surface area (Å²) in [4.78, 5) is 6.47. The fraction of sp³-hybridized carbons (Fsp3) is 0.444. The van der Waals surface area contributed by atoms with E-state index in [0.717, 1.165) is 50.8 Å². The van der Waals surface area contributed by atoms with Gasteiger partial charge in [0.2, 0.25) is 0 Å². The van der Waals surface area contributed by atoms with Gasteiger partial charge >= 0.3 is 0 Å². The molecule has 0 aliphatic carbocycles. The topological polar surface area (TPSA) is 24.9 Å². The van der Waals surface area contributed by atoms with Crippen LogP contribution in [0.1, 0.15) is 10.4 Å². The van der Waals surface area contributed by atoms with Gasteiger partial charge in [0.25, 0.3) is 0 Å². The number of nitrogens with zero attached hydrogens (tertiary/aromatic N) is 2. The average Bonchev–Trinajstić information content (AvgIpc) is 3.09. The number of thiophene rings is 1. The van der Waals surface area contributed by atoms with Crippen LogP contribution >= 0.6 is 11.3 Å². The van der Waals surface area contributed by atoms with Gasteiger partial charge < -0.3 is 9.47 Å². The van der Waals surface area contributed by atoms with E-state index in [4.69, 9.17) is 9.47 Å². The molecule has 1 aliphatic rings. The molecule has 0 unspecified atom stereocenters. The summed E-state index contributed by atoms with van der Waals surface area (Å²) in [5.41, 5.74) is 1.19. The van der Waals surface area contributed by atoms with Crippen molar-refractivity contribution in [1.29, 1.82) is 0 Å². The number of ether oxygens (including phenoxy) is 2. The van der Waals surface area contributed by atoms with Gasteiger partial charge in [0.15, 0.2) is 11.5 Å². The van der Waals surface area contributed by atoms with E-state index >= 15 is 0 Å². The monoisotopic (exact) mass is 332 g/mol. The van der Waals surface area contributed by atoms with Gasteiger partial charge in [-0.25, -0.2) is 0 Å². The van der Waals surface area contributed by atoms with Crippen LogP contribution in [-0.2, 0) is 13.1 Å². The largest absolute Gasteiger partial charge is 0.493 e. The van der Waals surface area contributed by atoms with Gasteiger partial charge in [0, 0.05) is 49.7 Å². The van der Waals surface area contributed by atoms with Crippen LogP contribution in [0.3, 0.4) is 0 Å². The number of piperazine rings is 1. The van der Waals surface area contributed by atoms with Crippen molar-refractivity contribution in [1.82, 2.24) is 9.80 Å². The molecular weight excluding hydrogens is 308 g/mol. The Kier molecular flexibility index (Phi) is 5.54. The Labute approximate surface area is 142 Å². The molecule has 0 atom stereocenters. The molecule has 2 heterocycles. The maximum atomic E-state index is 5.54. The molecule has 1 fully saturated rings. The zero-order valence-electron chi connectivity index (χ0n) is 13.8.